The number of fused-ring (bicyclic) bond motifs is 1. The minimum atomic E-state index is 0.321. The predicted octanol–water partition coefficient (Wildman–Crippen LogP) is 2.31. The summed E-state index contributed by atoms with van der Waals surface area (Å²) >= 11 is 1.69. The van der Waals surface area contributed by atoms with Crippen molar-refractivity contribution in [3.05, 3.63) is 22.4 Å². The van der Waals surface area contributed by atoms with Crippen LogP contribution >= 0.6 is 11.3 Å². The van der Waals surface area contributed by atoms with E-state index in [4.69, 9.17) is 0 Å². The molecule has 3 aliphatic heterocycles. The zero-order valence-corrected chi connectivity index (χ0v) is 15.5. The Balaban J connectivity index is 1.33. The van der Waals surface area contributed by atoms with Crippen molar-refractivity contribution in [2.45, 2.75) is 44.2 Å². The fourth-order valence-electron chi connectivity index (χ4n) is 4.94. The Kier molecular flexibility index (Phi) is 4.93. The van der Waals surface area contributed by atoms with E-state index in [9.17, 15) is 4.79 Å². The van der Waals surface area contributed by atoms with Gasteiger partial charge in [-0.15, -0.1) is 11.3 Å². The molecule has 0 spiro atoms. The zero-order valence-electron chi connectivity index (χ0n) is 14.7. The second-order valence-corrected chi connectivity index (χ2v) is 8.81. The Hall–Kier alpha value is -0.910. The highest BCUT2D eigenvalue weighted by Crippen LogP contribution is 2.35. The number of nitrogens with zero attached hydrogens (tertiary/aromatic N) is 3. The molecule has 4 rings (SSSR count). The van der Waals surface area contributed by atoms with Crippen molar-refractivity contribution in [1.29, 1.82) is 0 Å². The second-order valence-electron chi connectivity index (χ2n) is 7.77. The molecule has 0 N–H and O–H groups in total. The maximum absolute atomic E-state index is 12.6. The summed E-state index contributed by atoms with van der Waals surface area (Å²) in [5.41, 5.74) is 0. The molecule has 0 aliphatic carbocycles. The Morgan fingerprint density at radius 1 is 1.29 bits per heavy atom. The van der Waals surface area contributed by atoms with Gasteiger partial charge in [0.05, 0.1) is 6.42 Å². The van der Waals surface area contributed by atoms with Crippen molar-refractivity contribution < 1.29 is 4.79 Å². The lowest BCUT2D eigenvalue weighted by atomic mass is 9.92. The second kappa shape index (κ2) is 7.14. The SMILES string of the molecule is CN1[C@@H](CN2CCCC2)C[C@H]2CN(C(=O)Cc3cccs3)CC[C@H]21. The topological polar surface area (TPSA) is 26.8 Å². The largest absolute Gasteiger partial charge is 0.342 e. The first kappa shape index (κ1) is 16.6. The van der Waals surface area contributed by atoms with E-state index < -0.39 is 0 Å². The number of carbonyl (C=O) groups excluding carboxylic acids is 1. The average Bonchev–Trinajstić information content (AvgIpc) is 3.31. The average molecular weight is 348 g/mol. The van der Waals surface area contributed by atoms with Crippen LogP contribution in [0.1, 0.15) is 30.6 Å². The molecule has 1 aromatic heterocycles. The Morgan fingerprint density at radius 3 is 2.88 bits per heavy atom. The van der Waals surface area contributed by atoms with Crippen molar-refractivity contribution >= 4 is 17.2 Å². The van der Waals surface area contributed by atoms with Crippen LogP contribution in [-0.4, -0.2) is 72.5 Å². The van der Waals surface area contributed by atoms with Gasteiger partial charge in [0.15, 0.2) is 0 Å². The summed E-state index contributed by atoms with van der Waals surface area (Å²) in [6, 6.07) is 5.48. The van der Waals surface area contributed by atoms with Crippen LogP contribution in [0.15, 0.2) is 17.5 Å². The molecule has 0 saturated carbocycles. The standard InChI is InChI=1S/C19H29N3OS/c1-20-16(14-21-7-2-3-8-21)11-15-13-22(9-6-18(15)20)19(23)12-17-5-4-10-24-17/h4-5,10,15-16,18H,2-3,6-9,11-14H2,1H3/t15-,16+,18+/m0/s1. The van der Waals surface area contributed by atoms with Gasteiger partial charge in [-0.25, -0.2) is 0 Å². The Labute approximate surface area is 149 Å². The van der Waals surface area contributed by atoms with Crippen LogP contribution in [0.3, 0.4) is 0 Å². The maximum Gasteiger partial charge on any atom is 0.227 e. The summed E-state index contributed by atoms with van der Waals surface area (Å²) in [5, 5.41) is 2.06. The number of hydrogen-bond donors (Lipinski definition) is 0. The normalized spacial score (nSPS) is 31.5. The van der Waals surface area contributed by atoms with Gasteiger partial charge in [-0.2, -0.15) is 0 Å². The molecule has 1 aromatic rings. The minimum absolute atomic E-state index is 0.321. The molecule has 0 radical (unpaired) electrons. The number of rotatable bonds is 4. The summed E-state index contributed by atoms with van der Waals surface area (Å²) in [6.07, 6.45) is 5.74. The lowest BCUT2D eigenvalue weighted by Crippen LogP contribution is -2.48. The van der Waals surface area contributed by atoms with Crippen molar-refractivity contribution in [2.75, 3.05) is 39.8 Å². The van der Waals surface area contributed by atoms with E-state index in [1.807, 2.05) is 6.07 Å². The first-order chi connectivity index (χ1) is 11.7. The number of likely N-dealkylation sites (tertiary alicyclic amines) is 3. The van der Waals surface area contributed by atoms with E-state index in [1.165, 1.54) is 43.8 Å². The van der Waals surface area contributed by atoms with Crippen molar-refractivity contribution in [1.82, 2.24) is 14.7 Å². The van der Waals surface area contributed by atoms with Gasteiger partial charge in [-0.05, 0) is 63.2 Å². The van der Waals surface area contributed by atoms with E-state index in [0.717, 1.165) is 19.5 Å². The molecule has 3 saturated heterocycles. The van der Waals surface area contributed by atoms with Crippen LogP contribution in [0.25, 0.3) is 0 Å². The molecule has 3 fully saturated rings. The molecule has 0 bridgehead atoms. The van der Waals surface area contributed by atoms with E-state index in [0.29, 0.717) is 30.3 Å². The van der Waals surface area contributed by atoms with E-state index >= 15 is 0 Å². The minimum Gasteiger partial charge on any atom is -0.342 e. The summed E-state index contributed by atoms with van der Waals surface area (Å²) in [7, 11) is 2.31. The van der Waals surface area contributed by atoms with E-state index in [1.54, 1.807) is 11.3 Å². The van der Waals surface area contributed by atoms with Crippen LogP contribution in [0.4, 0.5) is 0 Å². The van der Waals surface area contributed by atoms with Crippen molar-refractivity contribution in [2.24, 2.45) is 5.92 Å². The Bertz CT molecular complexity index is 555. The summed E-state index contributed by atoms with van der Waals surface area (Å²) in [6.45, 7) is 5.70. The smallest absolute Gasteiger partial charge is 0.227 e. The highest BCUT2D eigenvalue weighted by atomic mass is 32.1. The fraction of sp³-hybridized carbons (Fsp3) is 0.737. The first-order valence-corrected chi connectivity index (χ1v) is 10.3. The number of likely N-dealkylation sites (N-methyl/N-ethyl adjacent to an activating group) is 1. The molecule has 4 heterocycles. The van der Waals surface area contributed by atoms with Crippen LogP contribution < -0.4 is 0 Å². The molecular weight excluding hydrogens is 318 g/mol. The molecule has 24 heavy (non-hydrogen) atoms. The quantitative estimate of drug-likeness (QED) is 0.836. The number of carbonyl (C=O) groups is 1. The zero-order chi connectivity index (χ0) is 16.5. The molecule has 3 aliphatic rings. The monoisotopic (exact) mass is 347 g/mol. The molecule has 0 aromatic carbocycles. The molecule has 4 nitrogen and oxygen atoms in total. The van der Waals surface area contributed by atoms with E-state index in [-0.39, 0.29) is 0 Å². The number of amides is 1. The summed E-state index contributed by atoms with van der Waals surface area (Å²) in [5.74, 6) is 0.991. The first-order valence-electron chi connectivity index (χ1n) is 9.45. The highest BCUT2D eigenvalue weighted by Gasteiger charge is 2.43. The van der Waals surface area contributed by atoms with Crippen LogP contribution in [0.2, 0.25) is 0 Å². The number of thiophene rings is 1. The van der Waals surface area contributed by atoms with Gasteiger partial charge in [-0.3, -0.25) is 9.69 Å². The van der Waals surface area contributed by atoms with Crippen molar-refractivity contribution in [3.8, 4) is 0 Å². The summed E-state index contributed by atoms with van der Waals surface area (Å²) < 4.78 is 0. The molecule has 0 unspecified atom stereocenters. The number of hydrogen-bond acceptors (Lipinski definition) is 4. The van der Waals surface area contributed by atoms with Crippen molar-refractivity contribution in [3.63, 3.8) is 0 Å². The molecule has 3 atom stereocenters. The van der Waals surface area contributed by atoms with Gasteiger partial charge in [-0.1, -0.05) is 6.07 Å². The molecule has 5 heteroatoms. The molecule has 1 amide bonds. The summed E-state index contributed by atoms with van der Waals surface area (Å²) in [4.78, 5) is 21.2. The van der Waals surface area contributed by atoms with Gasteiger partial charge >= 0.3 is 0 Å². The Morgan fingerprint density at radius 2 is 2.12 bits per heavy atom. The molecule has 132 valence electrons. The third-order valence-corrected chi connectivity index (χ3v) is 7.17. The third-order valence-electron chi connectivity index (χ3n) is 6.29. The van der Waals surface area contributed by atoms with Crippen LogP contribution in [0.5, 0.6) is 0 Å². The van der Waals surface area contributed by atoms with Crippen LogP contribution in [-0.2, 0) is 11.2 Å². The maximum atomic E-state index is 12.6. The van der Waals surface area contributed by atoms with Gasteiger partial charge < -0.3 is 9.80 Å². The van der Waals surface area contributed by atoms with Crippen LogP contribution in [0, 0.1) is 5.92 Å². The predicted molar refractivity (Wildman–Crippen MR) is 98.3 cm³/mol. The fourth-order valence-corrected chi connectivity index (χ4v) is 5.64. The van der Waals surface area contributed by atoms with Gasteiger partial charge in [0.25, 0.3) is 0 Å². The lowest BCUT2D eigenvalue weighted by molar-refractivity contribution is -0.132. The third kappa shape index (κ3) is 3.39. The number of piperidine rings is 1. The van der Waals surface area contributed by atoms with E-state index in [2.05, 4.69) is 33.2 Å². The van der Waals surface area contributed by atoms with Gasteiger partial charge in [0, 0.05) is 36.6 Å². The highest BCUT2D eigenvalue weighted by molar-refractivity contribution is 7.10. The van der Waals surface area contributed by atoms with Gasteiger partial charge in [0.2, 0.25) is 5.91 Å². The lowest BCUT2D eigenvalue weighted by Gasteiger charge is -2.37. The molecular formula is C19H29N3OS. The van der Waals surface area contributed by atoms with Gasteiger partial charge in [0.1, 0.15) is 0 Å².